The number of anilines is 1. The first-order valence-corrected chi connectivity index (χ1v) is 12.0. The monoisotopic (exact) mass is 465 g/mol. The van der Waals surface area contributed by atoms with Gasteiger partial charge in [0.05, 0.1) is 22.1 Å². The van der Waals surface area contributed by atoms with Crippen LogP contribution in [0, 0.1) is 21.4 Å². The Morgan fingerprint density at radius 1 is 0.912 bits per heavy atom. The van der Waals surface area contributed by atoms with E-state index in [-0.39, 0.29) is 18.9 Å². The summed E-state index contributed by atoms with van der Waals surface area (Å²) >= 11 is 0. The largest absolute Gasteiger partial charge is 0.396 e. The lowest BCUT2D eigenvalue weighted by molar-refractivity contribution is -0.374. The maximum absolute atomic E-state index is 11.7. The van der Waals surface area contributed by atoms with Gasteiger partial charge in [0, 0.05) is 38.1 Å². The predicted octanol–water partition coefficient (Wildman–Crippen LogP) is 5.24. The van der Waals surface area contributed by atoms with Crippen LogP contribution in [0.2, 0.25) is 0 Å². The molecule has 182 valence electrons. The van der Waals surface area contributed by atoms with Crippen LogP contribution >= 0.6 is 0 Å². The van der Waals surface area contributed by atoms with Crippen molar-refractivity contribution in [3.8, 4) is 6.07 Å². The van der Waals surface area contributed by atoms with Gasteiger partial charge >= 0.3 is 0 Å². The van der Waals surface area contributed by atoms with Crippen molar-refractivity contribution >= 4 is 17.5 Å². The molecule has 0 fully saturated rings. The lowest BCUT2D eigenvalue weighted by atomic mass is 10.1. The summed E-state index contributed by atoms with van der Waals surface area (Å²) in [6, 6.07) is 16.2. The molecule has 0 aliphatic carbocycles. The topological polar surface area (TPSA) is 111 Å². The molecule has 0 heterocycles. The first kappa shape index (κ1) is 27.0. The third kappa shape index (κ3) is 9.34. The first-order chi connectivity index (χ1) is 16.6. The molecule has 0 amide bonds. The number of nitrogens with zero attached hydrogens (tertiary/aromatic N) is 3. The van der Waals surface area contributed by atoms with E-state index in [2.05, 4.69) is 4.90 Å². The number of hydrogen-bond acceptors (Lipinski definition) is 6. The van der Waals surface area contributed by atoms with Crippen molar-refractivity contribution in [2.75, 3.05) is 31.2 Å². The van der Waals surface area contributed by atoms with Crippen LogP contribution in [0.3, 0.4) is 0 Å². The van der Waals surface area contributed by atoms with Crippen LogP contribution in [0.25, 0.3) is 11.8 Å². The molecule has 7 heteroatoms. The molecule has 2 rings (SSSR count). The Labute approximate surface area is 202 Å². The van der Waals surface area contributed by atoms with E-state index in [1.807, 2.05) is 30.3 Å². The Kier molecular flexibility index (Phi) is 12.4. The number of unbranched alkanes of at least 4 members (excludes halogenated alkanes) is 6. The summed E-state index contributed by atoms with van der Waals surface area (Å²) in [6.45, 7) is 2.30. The van der Waals surface area contributed by atoms with Crippen LogP contribution in [-0.4, -0.2) is 41.4 Å². The number of nitriles is 1. The van der Waals surface area contributed by atoms with Gasteiger partial charge in [0.1, 0.15) is 0 Å². The number of aliphatic hydroxyl groups is 2. The second-order valence-corrected chi connectivity index (χ2v) is 8.33. The maximum Gasteiger partial charge on any atom is 0.277 e. The highest BCUT2D eigenvalue weighted by atomic mass is 16.6. The molecule has 0 aliphatic heterocycles. The lowest BCUT2D eigenvalue weighted by Crippen LogP contribution is -2.25. The minimum absolute atomic E-state index is 0.0468. The molecule has 7 nitrogen and oxygen atoms in total. The molecule has 0 saturated carbocycles. The van der Waals surface area contributed by atoms with Gasteiger partial charge < -0.3 is 15.1 Å². The lowest BCUT2D eigenvalue weighted by Gasteiger charge is -2.25. The highest BCUT2D eigenvalue weighted by Gasteiger charge is 2.15. The molecule has 34 heavy (non-hydrogen) atoms. The van der Waals surface area contributed by atoms with E-state index in [0.29, 0.717) is 11.1 Å². The number of benzene rings is 2. The Bertz CT molecular complexity index is 937. The fraction of sp³-hybridized carbons (Fsp3) is 0.444. The Morgan fingerprint density at radius 2 is 1.50 bits per heavy atom. The number of rotatable bonds is 16. The van der Waals surface area contributed by atoms with Gasteiger partial charge in [-0.25, -0.2) is 0 Å². The average Bonchev–Trinajstić information content (AvgIpc) is 2.86. The summed E-state index contributed by atoms with van der Waals surface area (Å²) in [7, 11) is 0. The van der Waals surface area contributed by atoms with E-state index in [9.17, 15) is 10.1 Å². The van der Waals surface area contributed by atoms with Crippen LogP contribution in [-0.2, 0) is 0 Å². The van der Waals surface area contributed by atoms with Crippen molar-refractivity contribution in [3.63, 3.8) is 0 Å². The summed E-state index contributed by atoms with van der Waals surface area (Å²) < 4.78 is 0. The van der Waals surface area contributed by atoms with E-state index in [1.54, 1.807) is 18.2 Å². The van der Waals surface area contributed by atoms with Gasteiger partial charge in [-0.05, 0) is 61.6 Å². The maximum atomic E-state index is 11.7. The van der Waals surface area contributed by atoms with Gasteiger partial charge in [-0.1, -0.05) is 43.9 Å². The zero-order valence-electron chi connectivity index (χ0n) is 19.7. The molecule has 0 saturated heterocycles. The van der Waals surface area contributed by atoms with Crippen LogP contribution in [0.5, 0.6) is 0 Å². The SMILES string of the molecule is N#Cc1cccc(C(=Cc2ccc(N(CCCCCCO)CCCCCCO)cc2)[N+](=O)[O-])c1. The van der Waals surface area contributed by atoms with Gasteiger partial charge in [0.15, 0.2) is 0 Å². The number of aliphatic hydroxyl groups excluding tert-OH is 2. The molecule has 0 bridgehead atoms. The van der Waals surface area contributed by atoms with Crippen LogP contribution in [0.4, 0.5) is 5.69 Å². The fourth-order valence-corrected chi connectivity index (χ4v) is 3.83. The molecular weight excluding hydrogens is 430 g/mol. The molecule has 0 unspecified atom stereocenters. The summed E-state index contributed by atoms with van der Waals surface area (Å²) in [5.74, 6) is 0. The quantitative estimate of drug-likeness (QED) is 0.152. The van der Waals surface area contributed by atoms with Gasteiger partial charge in [-0.15, -0.1) is 0 Å². The minimum Gasteiger partial charge on any atom is -0.396 e. The van der Waals surface area contributed by atoms with E-state index >= 15 is 0 Å². The smallest absolute Gasteiger partial charge is 0.277 e. The molecular formula is C27H35N3O4. The van der Waals surface area contributed by atoms with Crippen molar-refractivity contribution in [1.82, 2.24) is 0 Å². The van der Waals surface area contributed by atoms with Crippen molar-refractivity contribution in [3.05, 3.63) is 75.3 Å². The van der Waals surface area contributed by atoms with Crippen molar-refractivity contribution < 1.29 is 15.1 Å². The van der Waals surface area contributed by atoms with Gasteiger partial charge in [-0.2, -0.15) is 5.26 Å². The average molecular weight is 466 g/mol. The standard InChI is InChI=1S/C27H35N3O4/c28-22-24-10-9-11-25(20-24)27(30(33)34)21-23-12-14-26(15-13-23)29(16-5-1-3-7-18-31)17-6-2-4-8-19-32/h9-15,20-21,31-32H,1-8,16-19H2. The molecule has 2 N–H and O–H groups in total. The predicted molar refractivity (Wildman–Crippen MR) is 136 cm³/mol. The normalized spacial score (nSPS) is 11.3. The van der Waals surface area contributed by atoms with E-state index in [1.165, 1.54) is 12.1 Å². The van der Waals surface area contributed by atoms with E-state index in [4.69, 9.17) is 15.5 Å². The van der Waals surface area contributed by atoms with Gasteiger partial charge in [0.25, 0.3) is 5.70 Å². The Hall–Kier alpha value is -3.21. The Balaban J connectivity index is 2.13. The molecule has 2 aromatic carbocycles. The molecule has 0 aliphatic rings. The summed E-state index contributed by atoms with van der Waals surface area (Å²) in [6.07, 6.45) is 9.44. The molecule has 0 atom stereocenters. The van der Waals surface area contributed by atoms with Crippen molar-refractivity contribution in [1.29, 1.82) is 5.26 Å². The molecule has 0 aromatic heterocycles. The minimum atomic E-state index is -0.421. The van der Waals surface area contributed by atoms with E-state index < -0.39 is 4.92 Å². The van der Waals surface area contributed by atoms with Crippen molar-refractivity contribution in [2.45, 2.75) is 51.4 Å². The van der Waals surface area contributed by atoms with E-state index in [0.717, 1.165) is 75.7 Å². The highest BCUT2D eigenvalue weighted by molar-refractivity contribution is 5.77. The second-order valence-electron chi connectivity index (χ2n) is 8.33. The molecule has 0 spiro atoms. The zero-order chi connectivity index (χ0) is 24.6. The molecule has 2 aromatic rings. The third-order valence-corrected chi connectivity index (χ3v) is 5.72. The van der Waals surface area contributed by atoms with Crippen LogP contribution in [0.15, 0.2) is 48.5 Å². The fourth-order valence-electron chi connectivity index (χ4n) is 3.83. The molecule has 0 radical (unpaired) electrons. The van der Waals surface area contributed by atoms with Crippen LogP contribution < -0.4 is 4.90 Å². The summed E-state index contributed by atoms with van der Waals surface area (Å²) in [5, 5.41) is 38.7. The highest BCUT2D eigenvalue weighted by Crippen LogP contribution is 2.23. The zero-order valence-corrected chi connectivity index (χ0v) is 19.7. The summed E-state index contributed by atoms with van der Waals surface area (Å²) in [5.41, 5.74) is 2.54. The Morgan fingerprint density at radius 3 is 2.03 bits per heavy atom. The van der Waals surface area contributed by atoms with Gasteiger partial charge in [-0.3, -0.25) is 10.1 Å². The third-order valence-electron chi connectivity index (χ3n) is 5.72. The number of nitro groups is 1. The first-order valence-electron chi connectivity index (χ1n) is 12.0. The van der Waals surface area contributed by atoms with Crippen LogP contribution in [0.1, 0.15) is 68.1 Å². The van der Waals surface area contributed by atoms with Gasteiger partial charge in [0.2, 0.25) is 0 Å². The number of hydrogen-bond donors (Lipinski definition) is 2. The summed E-state index contributed by atoms with van der Waals surface area (Å²) in [4.78, 5) is 13.6. The van der Waals surface area contributed by atoms with Crippen molar-refractivity contribution in [2.24, 2.45) is 0 Å². The second kappa shape index (κ2) is 15.6.